The van der Waals surface area contributed by atoms with E-state index in [9.17, 15) is 0 Å². The Morgan fingerprint density at radius 2 is 1.90 bits per heavy atom. The standard InChI is InChI=1S/C17H24N2O/c1-5-13(6-2)12(3)19-17-15-8-7-9-16(20-4)14(15)10-11-18-17/h7-13H,5-6H2,1-4H3,(H,18,19). The molecule has 3 heteroatoms. The fraction of sp³-hybridized carbons (Fsp3) is 0.471. The van der Waals surface area contributed by atoms with Gasteiger partial charge < -0.3 is 10.1 Å². The first-order chi connectivity index (χ1) is 9.71. The fourth-order valence-corrected chi connectivity index (χ4v) is 2.80. The van der Waals surface area contributed by atoms with Crippen LogP contribution in [0.4, 0.5) is 5.82 Å². The molecule has 1 aromatic heterocycles. The van der Waals surface area contributed by atoms with Crippen molar-refractivity contribution in [3.8, 4) is 5.75 Å². The molecule has 108 valence electrons. The van der Waals surface area contributed by atoms with E-state index in [1.165, 1.54) is 12.8 Å². The Balaban J connectivity index is 2.35. The quantitative estimate of drug-likeness (QED) is 0.842. The minimum Gasteiger partial charge on any atom is -0.496 e. The van der Waals surface area contributed by atoms with Gasteiger partial charge in [-0.3, -0.25) is 0 Å². The van der Waals surface area contributed by atoms with Crippen molar-refractivity contribution in [1.29, 1.82) is 0 Å². The van der Waals surface area contributed by atoms with Gasteiger partial charge in [0.05, 0.1) is 7.11 Å². The third-order valence-electron chi connectivity index (χ3n) is 4.11. The lowest BCUT2D eigenvalue weighted by atomic mass is 9.95. The molecule has 0 saturated heterocycles. The second kappa shape index (κ2) is 6.60. The topological polar surface area (TPSA) is 34.2 Å². The molecule has 0 aliphatic heterocycles. The highest BCUT2D eigenvalue weighted by Crippen LogP contribution is 2.30. The molecule has 0 amide bonds. The van der Waals surface area contributed by atoms with Gasteiger partial charge in [-0.1, -0.05) is 38.8 Å². The van der Waals surface area contributed by atoms with Gasteiger partial charge in [-0.05, 0) is 25.0 Å². The Bertz CT molecular complexity index is 564. The lowest BCUT2D eigenvalue weighted by molar-refractivity contribution is 0.419. The van der Waals surface area contributed by atoms with E-state index in [0.717, 1.165) is 22.3 Å². The zero-order valence-electron chi connectivity index (χ0n) is 12.8. The van der Waals surface area contributed by atoms with Crippen LogP contribution >= 0.6 is 0 Å². The van der Waals surface area contributed by atoms with Crippen LogP contribution in [0, 0.1) is 5.92 Å². The smallest absolute Gasteiger partial charge is 0.134 e. The van der Waals surface area contributed by atoms with Crippen molar-refractivity contribution in [2.24, 2.45) is 5.92 Å². The minimum atomic E-state index is 0.411. The van der Waals surface area contributed by atoms with Crippen molar-refractivity contribution in [2.75, 3.05) is 12.4 Å². The Labute approximate surface area is 121 Å². The number of nitrogens with one attached hydrogen (secondary N) is 1. The number of fused-ring (bicyclic) bond motifs is 1. The van der Waals surface area contributed by atoms with Gasteiger partial charge in [-0.15, -0.1) is 0 Å². The number of hydrogen-bond donors (Lipinski definition) is 1. The normalized spacial score (nSPS) is 12.7. The number of aromatic nitrogens is 1. The van der Waals surface area contributed by atoms with Crippen LogP contribution in [0.5, 0.6) is 5.75 Å². The lowest BCUT2D eigenvalue weighted by Crippen LogP contribution is -2.25. The molecule has 0 bridgehead atoms. The maximum absolute atomic E-state index is 5.42. The number of rotatable bonds is 6. The average molecular weight is 272 g/mol. The lowest BCUT2D eigenvalue weighted by Gasteiger charge is -2.23. The first-order valence-electron chi connectivity index (χ1n) is 7.39. The Morgan fingerprint density at radius 1 is 1.15 bits per heavy atom. The van der Waals surface area contributed by atoms with E-state index in [1.54, 1.807) is 7.11 Å². The summed E-state index contributed by atoms with van der Waals surface area (Å²) < 4.78 is 5.42. The van der Waals surface area contributed by atoms with Gasteiger partial charge in [-0.2, -0.15) is 0 Å². The molecule has 1 N–H and O–H groups in total. The van der Waals surface area contributed by atoms with E-state index in [4.69, 9.17) is 4.74 Å². The minimum absolute atomic E-state index is 0.411. The summed E-state index contributed by atoms with van der Waals surface area (Å²) in [5.74, 6) is 2.50. The maximum Gasteiger partial charge on any atom is 0.134 e. The number of anilines is 1. The summed E-state index contributed by atoms with van der Waals surface area (Å²) in [6.07, 6.45) is 4.20. The molecular weight excluding hydrogens is 248 g/mol. The van der Waals surface area contributed by atoms with Crippen molar-refractivity contribution in [2.45, 2.75) is 39.7 Å². The first-order valence-corrected chi connectivity index (χ1v) is 7.39. The van der Waals surface area contributed by atoms with Gasteiger partial charge in [0, 0.05) is 23.0 Å². The molecule has 1 aromatic carbocycles. The van der Waals surface area contributed by atoms with E-state index >= 15 is 0 Å². The average Bonchev–Trinajstić information content (AvgIpc) is 2.48. The molecule has 0 spiro atoms. The summed E-state index contributed by atoms with van der Waals surface area (Å²) in [5, 5.41) is 5.79. The van der Waals surface area contributed by atoms with Crippen LogP contribution < -0.4 is 10.1 Å². The van der Waals surface area contributed by atoms with Gasteiger partial charge in [0.15, 0.2) is 0 Å². The molecule has 0 aliphatic rings. The molecule has 1 heterocycles. The predicted octanol–water partition coefficient (Wildman–Crippen LogP) is 4.48. The van der Waals surface area contributed by atoms with Crippen LogP contribution in [-0.2, 0) is 0 Å². The molecule has 20 heavy (non-hydrogen) atoms. The molecule has 0 saturated carbocycles. The zero-order chi connectivity index (χ0) is 14.5. The van der Waals surface area contributed by atoms with E-state index in [2.05, 4.69) is 37.1 Å². The molecule has 2 rings (SSSR count). The molecule has 0 radical (unpaired) electrons. The first kappa shape index (κ1) is 14.6. The van der Waals surface area contributed by atoms with Crippen molar-refractivity contribution >= 4 is 16.6 Å². The summed E-state index contributed by atoms with van der Waals surface area (Å²) in [7, 11) is 1.70. The largest absolute Gasteiger partial charge is 0.496 e. The monoisotopic (exact) mass is 272 g/mol. The molecule has 0 fully saturated rings. The predicted molar refractivity (Wildman–Crippen MR) is 85.5 cm³/mol. The van der Waals surface area contributed by atoms with Crippen LogP contribution in [-0.4, -0.2) is 18.1 Å². The van der Waals surface area contributed by atoms with Crippen molar-refractivity contribution in [3.63, 3.8) is 0 Å². The molecular formula is C17H24N2O. The SMILES string of the molecule is CCC(CC)C(C)Nc1nccc2c(OC)cccc12. The van der Waals surface area contributed by atoms with Crippen molar-refractivity contribution < 1.29 is 4.74 Å². The third-order valence-corrected chi connectivity index (χ3v) is 4.11. The van der Waals surface area contributed by atoms with E-state index in [0.29, 0.717) is 12.0 Å². The molecule has 3 nitrogen and oxygen atoms in total. The number of methoxy groups -OCH3 is 1. The van der Waals surface area contributed by atoms with Gasteiger partial charge in [0.1, 0.15) is 11.6 Å². The number of benzene rings is 1. The van der Waals surface area contributed by atoms with Crippen molar-refractivity contribution in [1.82, 2.24) is 4.98 Å². The summed E-state index contributed by atoms with van der Waals surface area (Å²) in [6.45, 7) is 6.72. The number of hydrogen-bond acceptors (Lipinski definition) is 3. The molecule has 1 unspecified atom stereocenters. The highest BCUT2D eigenvalue weighted by Gasteiger charge is 2.15. The van der Waals surface area contributed by atoms with Gasteiger partial charge in [0.25, 0.3) is 0 Å². The highest BCUT2D eigenvalue weighted by atomic mass is 16.5. The number of pyridine rings is 1. The summed E-state index contributed by atoms with van der Waals surface area (Å²) in [4.78, 5) is 4.51. The van der Waals surface area contributed by atoms with Gasteiger partial charge in [0.2, 0.25) is 0 Å². The summed E-state index contributed by atoms with van der Waals surface area (Å²) in [6, 6.07) is 8.49. The fourth-order valence-electron chi connectivity index (χ4n) is 2.80. The van der Waals surface area contributed by atoms with Gasteiger partial charge >= 0.3 is 0 Å². The van der Waals surface area contributed by atoms with Crippen LogP contribution in [0.2, 0.25) is 0 Å². The second-order valence-electron chi connectivity index (χ2n) is 5.22. The van der Waals surface area contributed by atoms with Crippen LogP contribution in [0.15, 0.2) is 30.5 Å². The molecule has 2 aromatic rings. The Kier molecular flexibility index (Phi) is 4.83. The zero-order valence-corrected chi connectivity index (χ0v) is 12.8. The van der Waals surface area contributed by atoms with E-state index in [1.807, 2.05) is 24.4 Å². The number of nitrogens with zero attached hydrogens (tertiary/aromatic N) is 1. The van der Waals surface area contributed by atoms with E-state index < -0.39 is 0 Å². The Hall–Kier alpha value is -1.77. The van der Waals surface area contributed by atoms with Gasteiger partial charge in [-0.25, -0.2) is 4.98 Å². The maximum atomic E-state index is 5.42. The second-order valence-corrected chi connectivity index (χ2v) is 5.22. The summed E-state index contributed by atoms with van der Waals surface area (Å²) >= 11 is 0. The number of ether oxygens (including phenoxy) is 1. The third kappa shape index (κ3) is 2.87. The van der Waals surface area contributed by atoms with Crippen LogP contribution in [0.3, 0.4) is 0 Å². The Morgan fingerprint density at radius 3 is 2.55 bits per heavy atom. The summed E-state index contributed by atoms with van der Waals surface area (Å²) in [5.41, 5.74) is 0. The molecule has 0 aliphatic carbocycles. The van der Waals surface area contributed by atoms with Crippen molar-refractivity contribution in [3.05, 3.63) is 30.5 Å². The van der Waals surface area contributed by atoms with E-state index in [-0.39, 0.29) is 0 Å². The van der Waals surface area contributed by atoms with Crippen LogP contribution in [0.1, 0.15) is 33.6 Å². The molecule has 1 atom stereocenters. The van der Waals surface area contributed by atoms with Crippen LogP contribution in [0.25, 0.3) is 10.8 Å². The highest BCUT2D eigenvalue weighted by molar-refractivity contribution is 5.95.